The van der Waals surface area contributed by atoms with Gasteiger partial charge in [-0.1, -0.05) is 0 Å². The summed E-state index contributed by atoms with van der Waals surface area (Å²) in [5.74, 6) is 0. The standard InChI is InChI=1S/CH4O4Si.2Na.H4O4Si/c1-5-6(2,3)4;;;1-5(2,3)4/h2H,1H3;;;1-4H/q-2;2*+1;. The van der Waals surface area contributed by atoms with E-state index in [9.17, 15) is 9.59 Å². The van der Waals surface area contributed by atoms with Gasteiger partial charge >= 0.3 is 68.2 Å². The molecule has 0 fully saturated rings. The van der Waals surface area contributed by atoms with Gasteiger partial charge in [0, 0.05) is 7.11 Å². The molecule has 0 heterocycles. The van der Waals surface area contributed by atoms with Crippen molar-refractivity contribution < 1.29 is 97.1 Å². The van der Waals surface area contributed by atoms with E-state index in [1.54, 1.807) is 0 Å². The molecule has 0 aromatic heterocycles. The maximum atomic E-state index is 9.39. The van der Waals surface area contributed by atoms with Crippen LogP contribution in [-0.2, 0) is 4.43 Å². The van der Waals surface area contributed by atoms with Crippen LogP contribution >= 0.6 is 0 Å². The van der Waals surface area contributed by atoms with Crippen molar-refractivity contribution in [2.45, 2.75) is 0 Å². The molecule has 13 heavy (non-hydrogen) atoms. The van der Waals surface area contributed by atoms with Crippen molar-refractivity contribution in [3.63, 3.8) is 0 Å². The summed E-state index contributed by atoms with van der Waals surface area (Å²) in [5, 5.41) is 0. The molecule has 5 N–H and O–H groups in total. The van der Waals surface area contributed by atoms with Gasteiger partial charge in [-0.3, -0.25) is 0 Å². The third kappa shape index (κ3) is 79.2. The molecule has 0 unspecified atom stereocenters. The summed E-state index contributed by atoms with van der Waals surface area (Å²) in [6.45, 7) is 0. The molecule has 0 radical (unpaired) electrons. The van der Waals surface area contributed by atoms with Crippen LogP contribution in [-0.4, -0.2) is 49.2 Å². The summed E-state index contributed by atoms with van der Waals surface area (Å²) in [5.41, 5.74) is 0. The van der Waals surface area contributed by atoms with Gasteiger partial charge in [-0.2, -0.15) is 0 Å². The van der Waals surface area contributed by atoms with Gasteiger partial charge in [0.2, 0.25) is 0 Å². The molecule has 0 aliphatic heterocycles. The van der Waals surface area contributed by atoms with Crippen LogP contribution in [0.2, 0.25) is 0 Å². The van der Waals surface area contributed by atoms with E-state index in [1.165, 1.54) is 0 Å². The van der Waals surface area contributed by atoms with Gasteiger partial charge in [-0.25, -0.2) is 0 Å². The fourth-order valence-electron chi connectivity index (χ4n) is 0. The molecular formula is CH8Na2O8Si2. The Balaban J connectivity index is -0.0000000546. The van der Waals surface area contributed by atoms with Crippen molar-refractivity contribution in [1.82, 2.24) is 0 Å². The zero-order valence-electron chi connectivity index (χ0n) is 7.46. The molecule has 0 spiro atoms. The Kier molecular flexibility index (Phi) is 19.9. The van der Waals surface area contributed by atoms with Crippen LogP contribution in [0.3, 0.4) is 0 Å². The van der Waals surface area contributed by atoms with E-state index in [1.807, 2.05) is 0 Å². The molecular weight excluding hydrogens is 242 g/mol. The Morgan fingerprint density at radius 3 is 1.00 bits per heavy atom. The Labute approximate surface area is 121 Å². The molecule has 0 saturated heterocycles. The third-order valence-electron chi connectivity index (χ3n) is 0.258. The van der Waals surface area contributed by atoms with Gasteiger partial charge in [0.15, 0.2) is 0 Å². The van der Waals surface area contributed by atoms with Crippen LogP contribution in [0.4, 0.5) is 0 Å². The average Bonchev–Trinajstić information content (AvgIpc) is 1.59. The molecule has 0 rings (SSSR count). The monoisotopic (exact) mass is 250 g/mol. The molecule has 0 aliphatic carbocycles. The molecule has 0 amide bonds. The summed E-state index contributed by atoms with van der Waals surface area (Å²) >= 11 is 0. The fourth-order valence-corrected chi connectivity index (χ4v) is 0. The van der Waals surface area contributed by atoms with Crippen LogP contribution in [0.25, 0.3) is 0 Å². The van der Waals surface area contributed by atoms with E-state index >= 15 is 0 Å². The summed E-state index contributed by atoms with van der Waals surface area (Å²) in [6.07, 6.45) is 0. The molecule has 12 heteroatoms. The Morgan fingerprint density at radius 2 is 1.00 bits per heavy atom. The fraction of sp³-hybridized carbons (Fsp3) is 1.00. The molecule has 0 atom stereocenters. The maximum absolute atomic E-state index is 9.39. The molecule has 0 bridgehead atoms. The summed E-state index contributed by atoms with van der Waals surface area (Å²) in [7, 11) is -8.35. The number of hydrogen-bond donors (Lipinski definition) is 5. The quantitative estimate of drug-likeness (QED) is 0.287. The predicted octanol–water partition coefficient (Wildman–Crippen LogP) is -11.8. The SMILES string of the molecule is CO[Si]([O-])([O-])O.O[Si](O)(O)O.[Na+].[Na+]. The minimum absolute atomic E-state index is 0. The molecule has 0 aromatic carbocycles. The summed E-state index contributed by atoms with van der Waals surface area (Å²) < 4.78 is 3.52. The Morgan fingerprint density at radius 1 is 0.923 bits per heavy atom. The number of rotatable bonds is 1. The van der Waals surface area contributed by atoms with Crippen molar-refractivity contribution in [2.24, 2.45) is 0 Å². The first-order valence-corrected chi connectivity index (χ1v) is 5.60. The average molecular weight is 250 g/mol. The second-order valence-electron chi connectivity index (χ2n) is 1.33. The van der Waals surface area contributed by atoms with Gasteiger partial charge in [0.05, 0.1) is 0 Å². The van der Waals surface area contributed by atoms with Gasteiger partial charge in [0.1, 0.15) is 9.05 Å². The second kappa shape index (κ2) is 10.6. The zero-order valence-corrected chi connectivity index (χ0v) is 13.5. The van der Waals surface area contributed by atoms with Gasteiger partial charge in [0.25, 0.3) is 0 Å². The van der Waals surface area contributed by atoms with Gasteiger partial charge in [-0.15, -0.1) is 0 Å². The van der Waals surface area contributed by atoms with E-state index in [4.69, 9.17) is 24.0 Å². The van der Waals surface area contributed by atoms with E-state index in [-0.39, 0.29) is 59.1 Å². The van der Waals surface area contributed by atoms with Crippen molar-refractivity contribution >= 4 is 18.1 Å². The Bertz CT molecular complexity index is 91.3. The van der Waals surface area contributed by atoms with E-state index in [2.05, 4.69) is 4.43 Å². The summed E-state index contributed by atoms with van der Waals surface area (Å²) in [6, 6.07) is 0. The van der Waals surface area contributed by atoms with Gasteiger partial charge < -0.3 is 38.0 Å². The van der Waals surface area contributed by atoms with Gasteiger partial charge in [-0.05, 0) is 0 Å². The third-order valence-corrected chi connectivity index (χ3v) is 0.774. The zero-order chi connectivity index (χ0) is 9.71. The van der Waals surface area contributed by atoms with Crippen LogP contribution in [0.5, 0.6) is 0 Å². The topological polar surface area (TPSA) is 156 Å². The second-order valence-corrected chi connectivity index (χ2v) is 3.98. The van der Waals surface area contributed by atoms with Crippen molar-refractivity contribution in [1.29, 1.82) is 0 Å². The molecule has 0 aromatic rings. The first-order valence-electron chi connectivity index (χ1n) is 2.14. The van der Waals surface area contributed by atoms with E-state index in [0.29, 0.717) is 0 Å². The smallest absolute Gasteiger partial charge is 0.828 e. The summed E-state index contributed by atoms with van der Waals surface area (Å²) in [4.78, 5) is 55.7. The van der Waals surface area contributed by atoms with Crippen LogP contribution in [0.15, 0.2) is 0 Å². The van der Waals surface area contributed by atoms with Crippen LogP contribution in [0.1, 0.15) is 0 Å². The van der Waals surface area contributed by atoms with E-state index < -0.39 is 18.1 Å². The predicted molar refractivity (Wildman–Crippen MR) is 29.6 cm³/mol. The van der Waals surface area contributed by atoms with Crippen LogP contribution < -0.4 is 68.7 Å². The largest absolute Gasteiger partial charge is 1.00 e. The number of hydrogen-bond acceptors (Lipinski definition) is 8. The molecule has 70 valence electrons. The van der Waals surface area contributed by atoms with Crippen molar-refractivity contribution in [3.8, 4) is 0 Å². The van der Waals surface area contributed by atoms with Crippen molar-refractivity contribution in [2.75, 3.05) is 7.11 Å². The molecule has 0 saturated carbocycles. The molecule has 0 aliphatic rings. The minimum atomic E-state index is -4.63. The molecule has 8 nitrogen and oxygen atoms in total. The van der Waals surface area contributed by atoms with Crippen molar-refractivity contribution in [3.05, 3.63) is 0 Å². The van der Waals surface area contributed by atoms with Crippen LogP contribution in [0, 0.1) is 0 Å². The first kappa shape index (κ1) is 24.4. The first-order chi connectivity index (χ1) is 4.56. The minimum Gasteiger partial charge on any atom is -0.828 e. The normalized spacial score (nSPS) is 10.2. The Hall–Kier alpha value is 2.11. The van der Waals surface area contributed by atoms with E-state index in [0.717, 1.165) is 7.11 Å². The maximum Gasteiger partial charge on any atom is 1.00 e.